The molecule has 2 aromatic carbocycles. The van der Waals surface area contributed by atoms with Crippen LogP contribution in [0.3, 0.4) is 0 Å². The number of amides is 1. The van der Waals surface area contributed by atoms with E-state index >= 15 is 0 Å². The van der Waals surface area contributed by atoms with Crippen molar-refractivity contribution in [3.63, 3.8) is 0 Å². The summed E-state index contributed by atoms with van der Waals surface area (Å²) in [7, 11) is 1.62. The molecule has 172 valence electrons. The first-order chi connectivity index (χ1) is 16.1. The fourth-order valence-electron chi connectivity index (χ4n) is 4.15. The van der Waals surface area contributed by atoms with Gasteiger partial charge in [0, 0.05) is 30.9 Å². The third-order valence-corrected chi connectivity index (χ3v) is 5.97. The topological polar surface area (TPSA) is 71.7 Å². The number of piperidine rings is 1. The van der Waals surface area contributed by atoms with Gasteiger partial charge in [-0.2, -0.15) is 4.98 Å². The van der Waals surface area contributed by atoms with Crippen LogP contribution in [0.25, 0.3) is 11.4 Å². The Bertz CT molecular complexity index is 1080. The number of carbonyl (C=O) groups excluding carboxylic acids is 1. The van der Waals surface area contributed by atoms with Crippen LogP contribution in [-0.2, 0) is 11.3 Å². The molecule has 0 unspecified atom stereocenters. The molecular formula is C26H30N4O3. The molecule has 0 radical (unpaired) electrons. The van der Waals surface area contributed by atoms with Gasteiger partial charge in [0.25, 0.3) is 0 Å². The molecule has 1 fully saturated rings. The largest absolute Gasteiger partial charge is 0.497 e. The van der Waals surface area contributed by atoms with Crippen molar-refractivity contribution in [2.75, 3.05) is 31.6 Å². The molecule has 0 aliphatic carbocycles. The molecule has 7 nitrogen and oxygen atoms in total. The average molecular weight is 447 g/mol. The number of anilines is 1. The number of rotatable bonds is 8. The zero-order valence-corrected chi connectivity index (χ0v) is 19.2. The quantitative estimate of drug-likeness (QED) is 0.475. The number of ether oxygens (including phenoxy) is 1. The van der Waals surface area contributed by atoms with Crippen LogP contribution in [0.4, 0.5) is 5.69 Å². The molecule has 1 aliphatic heterocycles. The molecule has 1 aliphatic rings. The normalized spacial score (nSPS) is 15.8. The van der Waals surface area contributed by atoms with Gasteiger partial charge in [-0.25, -0.2) is 0 Å². The zero-order chi connectivity index (χ0) is 23.2. The maximum absolute atomic E-state index is 13.4. The molecule has 4 rings (SSSR count). The van der Waals surface area contributed by atoms with Gasteiger partial charge < -0.3 is 19.1 Å². The van der Waals surface area contributed by atoms with Crippen LogP contribution >= 0.6 is 0 Å². The van der Waals surface area contributed by atoms with Crippen molar-refractivity contribution >= 4 is 11.6 Å². The van der Waals surface area contributed by atoms with E-state index in [9.17, 15) is 4.79 Å². The van der Waals surface area contributed by atoms with Crippen molar-refractivity contribution in [2.24, 2.45) is 5.92 Å². The average Bonchev–Trinajstić information content (AvgIpc) is 3.32. The van der Waals surface area contributed by atoms with Crippen molar-refractivity contribution in [1.29, 1.82) is 0 Å². The van der Waals surface area contributed by atoms with E-state index in [0.29, 0.717) is 24.8 Å². The molecule has 7 heteroatoms. The van der Waals surface area contributed by atoms with E-state index in [4.69, 9.17) is 9.26 Å². The molecule has 1 saturated heterocycles. The summed E-state index contributed by atoms with van der Waals surface area (Å²) in [6.45, 7) is 8.26. The number of hydrogen-bond acceptors (Lipinski definition) is 6. The number of aromatic nitrogens is 2. The second-order valence-electron chi connectivity index (χ2n) is 8.37. The van der Waals surface area contributed by atoms with E-state index < -0.39 is 0 Å². The Labute approximate surface area is 194 Å². The summed E-state index contributed by atoms with van der Waals surface area (Å²) < 4.78 is 10.7. The Morgan fingerprint density at radius 1 is 1.24 bits per heavy atom. The summed E-state index contributed by atoms with van der Waals surface area (Å²) in [5.74, 6) is 1.67. The summed E-state index contributed by atoms with van der Waals surface area (Å²) in [5.41, 5.74) is 3.22. The van der Waals surface area contributed by atoms with E-state index in [0.717, 1.165) is 36.4 Å². The molecule has 2 heterocycles. The lowest BCUT2D eigenvalue weighted by molar-refractivity contribution is -0.136. The number of carbonyl (C=O) groups is 1. The molecule has 1 amide bonds. The maximum Gasteiger partial charge on any atom is 0.246 e. The lowest BCUT2D eigenvalue weighted by atomic mass is 9.95. The Balaban J connectivity index is 1.44. The molecule has 0 spiro atoms. The Morgan fingerprint density at radius 3 is 2.70 bits per heavy atom. The summed E-state index contributed by atoms with van der Waals surface area (Å²) in [6.07, 6.45) is 3.59. The molecule has 3 aromatic rings. The van der Waals surface area contributed by atoms with Crippen molar-refractivity contribution < 1.29 is 14.1 Å². The first-order valence-corrected chi connectivity index (χ1v) is 11.3. The van der Waals surface area contributed by atoms with Crippen LogP contribution in [-0.4, -0.2) is 47.7 Å². The number of hydrogen-bond donors (Lipinski definition) is 0. The van der Waals surface area contributed by atoms with Gasteiger partial charge in [0.15, 0.2) is 0 Å². The highest BCUT2D eigenvalue weighted by Gasteiger charge is 2.30. The number of aryl methyl sites for hydroxylation is 1. The highest BCUT2D eigenvalue weighted by Crippen LogP contribution is 2.26. The fraction of sp³-hybridized carbons (Fsp3) is 0.346. The maximum atomic E-state index is 13.4. The minimum atomic E-state index is -0.0796. The van der Waals surface area contributed by atoms with Gasteiger partial charge in [0.05, 0.1) is 13.0 Å². The van der Waals surface area contributed by atoms with Crippen molar-refractivity contribution in [3.8, 4) is 17.1 Å². The Hall–Kier alpha value is -3.61. The van der Waals surface area contributed by atoms with Crippen LogP contribution in [0.1, 0.15) is 24.3 Å². The number of nitrogens with zero attached hydrogens (tertiary/aromatic N) is 4. The smallest absolute Gasteiger partial charge is 0.246 e. The Morgan fingerprint density at radius 2 is 2.00 bits per heavy atom. The van der Waals surface area contributed by atoms with Gasteiger partial charge in [-0.3, -0.25) is 4.79 Å². The Kier molecular flexibility index (Phi) is 7.07. The summed E-state index contributed by atoms with van der Waals surface area (Å²) >= 11 is 0. The van der Waals surface area contributed by atoms with Crippen molar-refractivity contribution in [1.82, 2.24) is 15.0 Å². The van der Waals surface area contributed by atoms with E-state index in [1.807, 2.05) is 24.3 Å². The van der Waals surface area contributed by atoms with Crippen LogP contribution in [0.15, 0.2) is 65.7 Å². The molecule has 0 N–H and O–H groups in total. The van der Waals surface area contributed by atoms with E-state index in [1.54, 1.807) is 18.1 Å². The van der Waals surface area contributed by atoms with E-state index in [-0.39, 0.29) is 18.4 Å². The van der Waals surface area contributed by atoms with Crippen LogP contribution in [0.2, 0.25) is 0 Å². The van der Waals surface area contributed by atoms with Crippen LogP contribution in [0.5, 0.6) is 5.75 Å². The SMILES string of the molecule is C=CCN(Cc1nc(-c2ccc(OC)cc2)no1)C(=O)[C@H]1CCCN(c2ccc(C)cc2)C1. The van der Waals surface area contributed by atoms with Crippen LogP contribution < -0.4 is 9.64 Å². The standard InChI is InChI=1S/C26H30N4O3/c1-4-15-30(18-24-27-25(28-33-24)20-9-13-23(32-3)14-10-20)26(31)21-6-5-16-29(17-21)22-11-7-19(2)8-12-22/h4,7-14,21H,1,5-6,15-18H2,2-3H3/t21-/m0/s1. The zero-order valence-electron chi connectivity index (χ0n) is 19.2. The van der Waals surface area contributed by atoms with Gasteiger partial charge in [0.2, 0.25) is 17.6 Å². The summed E-state index contributed by atoms with van der Waals surface area (Å²) in [4.78, 5) is 22.0. The predicted molar refractivity (Wildman–Crippen MR) is 128 cm³/mol. The molecule has 0 bridgehead atoms. The second kappa shape index (κ2) is 10.3. The predicted octanol–water partition coefficient (Wildman–Crippen LogP) is 4.48. The minimum absolute atomic E-state index is 0.0796. The lowest BCUT2D eigenvalue weighted by Crippen LogP contribution is -2.44. The van der Waals surface area contributed by atoms with Gasteiger partial charge in [-0.05, 0) is 56.2 Å². The van der Waals surface area contributed by atoms with Gasteiger partial charge >= 0.3 is 0 Å². The molecular weight excluding hydrogens is 416 g/mol. The fourth-order valence-corrected chi connectivity index (χ4v) is 4.15. The summed E-state index contributed by atoms with van der Waals surface area (Å²) in [6, 6.07) is 15.9. The molecule has 1 atom stereocenters. The van der Waals surface area contributed by atoms with Gasteiger partial charge in [0.1, 0.15) is 12.3 Å². The highest BCUT2D eigenvalue weighted by atomic mass is 16.5. The monoisotopic (exact) mass is 446 g/mol. The number of methoxy groups -OCH3 is 1. The van der Waals surface area contributed by atoms with Crippen molar-refractivity contribution in [3.05, 3.63) is 72.6 Å². The minimum Gasteiger partial charge on any atom is -0.497 e. The molecule has 0 saturated carbocycles. The van der Waals surface area contributed by atoms with Crippen molar-refractivity contribution in [2.45, 2.75) is 26.3 Å². The second-order valence-corrected chi connectivity index (χ2v) is 8.37. The van der Waals surface area contributed by atoms with E-state index in [2.05, 4.69) is 52.8 Å². The summed E-state index contributed by atoms with van der Waals surface area (Å²) in [5, 5.41) is 4.09. The van der Waals surface area contributed by atoms with Crippen LogP contribution in [0, 0.1) is 12.8 Å². The third kappa shape index (κ3) is 5.42. The molecule has 33 heavy (non-hydrogen) atoms. The van der Waals surface area contributed by atoms with Gasteiger partial charge in [-0.15, -0.1) is 6.58 Å². The lowest BCUT2D eigenvalue weighted by Gasteiger charge is -2.35. The molecule has 1 aromatic heterocycles. The first kappa shape index (κ1) is 22.6. The number of benzene rings is 2. The van der Waals surface area contributed by atoms with E-state index in [1.165, 1.54) is 5.56 Å². The highest BCUT2D eigenvalue weighted by molar-refractivity contribution is 5.80. The first-order valence-electron chi connectivity index (χ1n) is 11.3. The van der Waals surface area contributed by atoms with Gasteiger partial charge in [-0.1, -0.05) is 28.9 Å². The third-order valence-electron chi connectivity index (χ3n) is 5.97.